The smallest absolute Gasteiger partial charge is 0.273 e. The molecular weight excluding hydrogens is 408 g/mol. The highest BCUT2D eigenvalue weighted by Gasteiger charge is 2.17. The molecule has 0 saturated heterocycles. The van der Waals surface area contributed by atoms with Crippen molar-refractivity contribution in [2.24, 2.45) is 0 Å². The van der Waals surface area contributed by atoms with E-state index in [9.17, 15) is 33.4 Å². The van der Waals surface area contributed by atoms with Crippen molar-refractivity contribution in [3.63, 3.8) is 0 Å². The van der Waals surface area contributed by atoms with E-state index >= 15 is 0 Å². The summed E-state index contributed by atoms with van der Waals surface area (Å²) >= 11 is 0. The van der Waals surface area contributed by atoms with Crippen LogP contribution in [0.15, 0.2) is 53.4 Å². The fourth-order valence-electron chi connectivity index (χ4n) is 2.12. The second-order valence-corrected chi connectivity index (χ2v) is 7.31. The highest BCUT2D eigenvalue weighted by Crippen LogP contribution is 2.19. The lowest BCUT2D eigenvalue weighted by molar-refractivity contribution is -0.385. The summed E-state index contributed by atoms with van der Waals surface area (Å²) in [5.41, 5.74) is -0.544. The molecule has 1 amide bonds. The van der Waals surface area contributed by atoms with Crippen LogP contribution in [0.4, 0.5) is 11.4 Å². The number of nitro groups is 2. The van der Waals surface area contributed by atoms with E-state index in [2.05, 4.69) is 10.0 Å². The van der Waals surface area contributed by atoms with E-state index in [0.717, 1.165) is 6.07 Å². The van der Waals surface area contributed by atoms with Gasteiger partial charge in [-0.25, -0.2) is 13.1 Å². The first-order chi connectivity index (χ1) is 13.7. The van der Waals surface area contributed by atoms with Crippen LogP contribution in [-0.2, 0) is 14.8 Å². The molecule has 2 N–H and O–H groups in total. The number of nitrogens with one attached hydrogen (secondary N) is 2. The van der Waals surface area contributed by atoms with Gasteiger partial charge in [0.1, 0.15) is 5.75 Å². The Morgan fingerprint density at radius 3 is 2.24 bits per heavy atom. The van der Waals surface area contributed by atoms with Crippen LogP contribution in [0.2, 0.25) is 0 Å². The van der Waals surface area contributed by atoms with Crippen LogP contribution in [-0.4, -0.2) is 43.9 Å². The maximum absolute atomic E-state index is 12.1. The summed E-state index contributed by atoms with van der Waals surface area (Å²) in [5, 5.41) is 23.8. The molecule has 29 heavy (non-hydrogen) atoms. The molecule has 0 bridgehead atoms. The van der Waals surface area contributed by atoms with Crippen LogP contribution in [0.3, 0.4) is 0 Å². The number of benzene rings is 2. The molecule has 12 nitrogen and oxygen atoms in total. The molecule has 0 aliphatic carbocycles. The number of nitrogens with zero attached hydrogens (tertiary/aromatic N) is 2. The van der Waals surface area contributed by atoms with E-state index in [1.807, 2.05) is 0 Å². The van der Waals surface area contributed by atoms with E-state index in [1.165, 1.54) is 42.5 Å². The normalized spacial score (nSPS) is 10.9. The molecule has 0 heterocycles. The maximum atomic E-state index is 12.1. The fourth-order valence-corrected chi connectivity index (χ4v) is 3.19. The van der Waals surface area contributed by atoms with Crippen LogP contribution < -0.4 is 14.8 Å². The first kappa shape index (κ1) is 21.7. The molecule has 13 heteroatoms. The van der Waals surface area contributed by atoms with Crippen LogP contribution in [0.25, 0.3) is 0 Å². The average Bonchev–Trinajstić information content (AvgIpc) is 2.70. The maximum Gasteiger partial charge on any atom is 0.273 e. The zero-order valence-electron chi connectivity index (χ0n) is 14.8. The topological polar surface area (TPSA) is 171 Å². The predicted octanol–water partition coefficient (Wildman–Crippen LogP) is 0.977. The van der Waals surface area contributed by atoms with Crippen molar-refractivity contribution in [2.45, 2.75) is 4.90 Å². The number of rotatable bonds is 10. The third-order valence-electron chi connectivity index (χ3n) is 3.48. The standard InChI is InChI=1S/C16H16N4O8S/c21-16(11-28-14-5-1-3-12(9-14)19(22)23)17-7-8-18-29(26,27)15-6-2-4-13(10-15)20(24)25/h1-6,9-10,18H,7-8,11H2,(H,17,21). The summed E-state index contributed by atoms with van der Waals surface area (Å²) in [4.78, 5) is 31.6. The number of hydrogen-bond acceptors (Lipinski definition) is 8. The number of sulfonamides is 1. The van der Waals surface area contributed by atoms with Crippen molar-refractivity contribution >= 4 is 27.3 Å². The molecule has 0 aliphatic heterocycles. The van der Waals surface area contributed by atoms with Crippen molar-refractivity contribution in [3.8, 4) is 5.75 Å². The molecule has 0 saturated carbocycles. The second kappa shape index (κ2) is 9.57. The summed E-state index contributed by atoms with van der Waals surface area (Å²) < 4.78 is 31.6. The van der Waals surface area contributed by atoms with Gasteiger partial charge in [0.25, 0.3) is 17.3 Å². The molecule has 2 aromatic rings. The largest absolute Gasteiger partial charge is 0.484 e. The molecule has 2 aromatic carbocycles. The predicted molar refractivity (Wildman–Crippen MR) is 99.9 cm³/mol. The van der Waals surface area contributed by atoms with Crippen molar-refractivity contribution in [2.75, 3.05) is 19.7 Å². The molecule has 0 fully saturated rings. The van der Waals surface area contributed by atoms with Crippen LogP contribution in [0, 0.1) is 20.2 Å². The number of hydrogen-bond donors (Lipinski definition) is 2. The van der Waals surface area contributed by atoms with Gasteiger partial charge in [0.15, 0.2) is 6.61 Å². The number of ether oxygens (including phenoxy) is 1. The minimum absolute atomic E-state index is 0.0642. The zero-order chi connectivity index (χ0) is 21.4. The highest BCUT2D eigenvalue weighted by molar-refractivity contribution is 7.89. The van der Waals surface area contributed by atoms with E-state index in [4.69, 9.17) is 4.74 Å². The van der Waals surface area contributed by atoms with Gasteiger partial charge >= 0.3 is 0 Å². The SMILES string of the molecule is O=C(COc1cccc([N+](=O)[O-])c1)NCCNS(=O)(=O)c1cccc([N+](=O)[O-])c1. The van der Waals surface area contributed by atoms with Gasteiger partial charge in [0, 0.05) is 31.3 Å². The Kier molecular flexibility index (Phi) is 7.16. The van der Waals surface area contributed by atoms with Gasteiger partial charge in [-0.05, 0) is 12.1 Å². The molecule has 2 rings (SSSR count). The monoisotopic (exact) mass is 424 g/mol. The Balaban J connectivity index is 1.79. The van der Waals surface area contributed by atoms with Gasteiger partial charge in [0.2, 0.25) is 10.0 Å². The fraction of sp³-hybridized carbons (Fsp3) is 0.188. The lowest BCUT2D eigenvalue weighted by Gasteiger charge is -2.09. The molecule has 154 valence electrons. The van der Waals surface area contributed by atoms with E-state index < -0.39 is 32.4 Å². The minimum atomic E-state index is -3.98. The van der Waals surface area contributed by atoms with Gasteiger partial charge in [-0.2, -0.15) is 0 Å². The van der Waals surface area contributed by atoms with E-state index in [0.29, 0.717) is 0 Å². The Morgan fingerprint density at radius 1 is 0.966 bits per heavy atom. The Morgan fingerprint density at radius 2 is 1.59 bits per heavy atom. The molecule has 0 radical (unpaired) electrons. The van der Waals surface area contributed by atoms with Crippen LogP contribution >= 0.6 is 0 Å². The van der Waals surface area contributed by atoms with E-state index in [1.54, 1.807) is 0 Å². The van der Waals surface area contributed by atoms with Crippen molar-refractivity contribution in [1.82, 2.24) is 10.0 Å². The van der Waals surface area contributed by atoms with E-state index in [-0.39, 0.29) is 35.1 Å². The van der Waals surface area contributed by atoms with Gasteiger partial charge in [0.05, 0.1) is 20.8 Å². The van der Waals surface area contributed by atoms with Crippen LogP contribution in [0.5, 0.6) is 5.75 Å². The van der Waals surface area contributed by atoms with Gasteiger partial charge in [-0.15, -0.1) is 0 Å². The Bertz CT molecular complexity index is 1030. The van der Waals surface area contributed by atoms with Gasteiger partial charge in [-0.3, -0.25) is 25.0 Å². The third kappa shape index (κ3) is 6.51. The summed E-state index contributed by atoms with van der Waals surface area (Å²) in [6.07, 6.45) is 0. The first-order valence-corrected chi connectivity index (χ1v) is 9.55. The lowest BCUT2D eigenvalue weighted by Crippen LogP contribution is -2.36. The molecule has 0 spiro atoms. The molecule has 0 unspecified atom stereocenters. The summed E-state index contributed by atoms with van der Waals surface area (Å²) in [6.45, 7) is -0.641. The molecular formula is C16H16N4O8S. The summed E-state index contributed by atoms with van der Waals surface area (Å²) in [7, 11) is -3.98. The lowest BCUT2D eigenvalue weighted by atomic mass is 10.3. The average molecular weight is 424 g/mol. The first-order valence-electron chi connectivity index (χ1n) is 8.07. The second-order valence-electron chi connectivity index (χ2n) is 5.55. The highest BCUT2D eigenvalue weighted by atomic mass is 32.2. The van der Waals surface area contributed by atoms with Crippen molar-refractivity contribution in [3.05, 3.63) is 68.8 Å². The molecule has 0 aliphatic rings. The molecule has 0 aromatic heterocycles. The number of carbonyl (C=O) groups is 1. The number of nitro benzene ring substituents is 2. The van der Waals surface area contributed by atoms with Crippen LogP contribution in [0.1, 0.15) is 0 Å². The number of non-ortho nitro benzene ring substituents is 2. The minimum Gasteiger partial charge on any atom is -0.484 e. The van der Waals surface area contributed by atoms with Gasteiger partial charge in [-0.1, -0.05) is 12.1 Å². The zero-order valence-corrected chi connectivity index (χ0v) is 15.6. The third-order valence-corrected chi connectivity index (χ3v) is 4.94. The summed E-state index contributed by atoms with van der Waals surface area (Å²) in [5.74, 6) is -0.424. The Hall–Kier alpha value is -3.58. The number of amides is 1. The quantitative estimate of drug-likeness (QED) is 0.323. The number of carbonyl (C=O) groups excluding carboxylic acids is 1. The van der Waals surface area contributed by atoms with Crippen molar-refractivity contribution < 1.29 is 27.8 Å². The summed E-state index contributed by atoms with van der Waals surface area (Å²) in [6, 6.07) is 9.86. The van der Waals surface area contributed by atoms with Gasteiger partial charge < -0.3 is 10.1 Å². The van der Waals surface area contributed by atoms with Crippen molar-refractivity contribution in [1.29, 1.82) is 0 Å². The Labute approximate surface area is 164 Å². The molecule has 0 atom stereocenters.